The minimum Gasteiger partial charge on any atom is -0.497 e. The van der Waals surface area contributed by atoms with Crippen molar-refractivity contribution < 1.29 is 18.7 Å². The topological polar surface area (TPSA) is 86.5 Å². The van der Waals surface area contributed by atoms with Crippen LogP contribution in [0.5, 0.6) is 5.75 Å². The fourth-order valence-corrected chi connectivity index (χ4v) is 3.83. The molecule has 0 atom stereocenters. The van der Waals surface area contributed by atoms with Gasteiger partial charge in [0.2, 0.25) is 5.13 Å². The van der Waals surface area contributed by atoms with Crippen LogP contribution in [0.4, 0.5) is 10.8 Å². The summed E-state index contributed by atoms with van der Waals surface area (Å²) in [7, 11) is 2.98. The standard InChI is InChI=1S/C17H17N3O4S2/c1-10-14(15(21)23-3)8-13(24-10)9-25-17-20-19-16(26-17)18-11-4-6-12(22-2)7-5-11/h4-8H,9H2,1-3H3,(H,18,19). The molecule has 0 bridgehead atoms. The highest BCUT2D eigenvalue weighted by molar-refractivity contribution is 8.00. The summed E-state index contributed by atoms with van der Waals surface area (Å²) in [6.45, 7) is 1.74. The highest BCUT2D eigenvalue weighted by atomic mass is 32.2. The monoisotopic (exact) mass is 391 g/mol. The van der Waals surface area contributed by atoms with E-state index in [0.717, 1.165) is 15.8 Å². The number of rotatable bonds is 7. The summed E-state index contributed by atoms with van der Waals surface area (Å²) in [6, 6.07) is 9.26. The molecule has 0 aliphatic rings. The number of carbonyl (C=O) groups is 1. The lowest BCUT2D eigenvalue weighted by Gasteiger charge is -2.03. The van der Waals surface area contributed by atoms with Gasteiger partial charge in [0, 0.05) is 5.69 Å². The molecule has 0 spiro atoms. The van der Waals surface area contributed by atoms with Gasteiger partial charge in [-0.2, -0.15) is 0 Å². The largest absolute Gasteiger partial charge is 0.497 e. The van der Waals surface area contributed by atoms with Gasteiger partial charge in [0.1, 0.15) is 22.8 Å². The minimum absolute atomic E-state index is 0.399. The molecular weight excluding hydrogens is 374 g/mol. The molecule has 0 amide bonds. The number of ether oxygens (including phenoxy) is 2. The molecule has 0 aliphatic carbocycles. The van der Waals surface area contributed by atoms with Gasteiger partial charge in [-0.15, -0.1) is 10.2 Å². The van der Waals surface area contributed by atoms with E-state index in [-0.39, 0.29) is 0 Å². The van der Waals surface area contributed by atoms with Gasteiger partial charge >= 0.3 is 5.97 Å². The van der Waals surface area contributed by atoms with E-state index in [4.69, 9.17) is 13.9 Å². The number of aromatic nitrogens is 2. The van der Waals surface area contributed by atoms with Crippen LogP contribution in [-0.4, -0.2) is 30.4 Å². The Morgan fingerprint density at radius 3 is 2.73 bits per heavy atom. The van der Waals surface area contributed by atoms with Crippen LogP contribution in [0.2, 0.25) is 0 Å². The van der Waals surface area contributed by atoms with Crippen molar-refractivity contribution in [3.63, 3.8) is 0 Å². The zero-order chi connectivity index (χ0) is 18.5. The Morgan fingerprint density at radius 1 is 1.27 bits per heavy atom. The lowest BCUT2D eigenvalue weighted by molar-refractivity contribution is 0.0599. The van der Waals surface area contributed by atoms with E-state index in [1.807, 2.05) is 24.3 Å². The average molecular weight is 391 g/mol. The van der Waals surface area contributed by atoms with Crippen molar-refractivity contribution in [1.82, 2.24) is 10.2 Å². The molecule has 1 aromatic carbocycles. The van der Waals surface area contributed by atoms with E-state index in [1.165, 1.54) is 30.2 Å². The van der Waals surface area contributed by atoms with Gasteiger partial charge in [0.05, 0.1) is 20.0 Å². The SMILES string of the molecule is COC(=O)c1cc(CSc2nnc(Nc3ccc(OC)cc3)s2)oc1C. The van der Waals surface area contributed by atoms with E-state index in [0.29, 0.717) is 28.0 Å². The number of anilines is 2. The molecule has 0 unspecified atom stereocenters. The van der Waals surface area contributed by atoms with E-state index < -0.39 is 5.97 Å². The third-order valence-electron chi connectivity index (χ3n) is 3.46. The van der Waals surface area contributed by atoms with Crippen molar-refractivity contribution in [2.75, 3.05) is 19.5 Å². The van der Waals surface area contributed by atoms with E-state index >= 15 is 0 Å². The van der Waals surface area contributed by atoms with Crippen LogP contribution in [-0.2, 0) is 10.5 Å². The van der Waals surface area contributed by atoms with Crippen molar-refractivity contribution in [2.24, 2.45) is 0 Å². The van der Waals surface area contributed by atoms with E-state index in [1.54, 1.807) is 20.1 Å². The van der Waals surface area contributed by atoms with Crippen molar-refractivity contribution in [3.8, 4) is 5.75 Å². The van der Waals surface area contributed by atoms with Crippen molar-refractivity contribution in [1.29, 1.82) is 0 Å². The number of nitrogens with zero attached hydrogens (tertiary/aromatic N) is 2. The first kappa shape index (κ1) is 18.3. The molecule has 2 heterocycles. The van der Waals surface area contributed by atoms with Crippen LogP contribution < -0.4 is 10.1 Å². The average Bonchev–Trinajstić information content (AvgIpc) is 3.26. The third-order valence-corrected chi connectivity index (χ3v) is 5.45. The lowest BCUT2D eigenvalue weighted by Crippen LogP contribution is -2.00. The molecule has 1 N–H and O–H groups in total. The van der Waals surface area contributed by atoms with Crippen molar-refractivity contribution in [2.45, 2.75) is 17.0 Å². The molecule has 7 nitrogen and oxygen atoms in total. The number of aryl methyl sites for hydroxylation is 1. The summed E-state index contributed by atoms with van der Waals surface area (Å²) < 4.78 is 16.3. The third kappa shape index (κ3) is 4.36. The second kappa shape index (κ2) is 8.24. The number of esters is 1. The van der Waals surface area contributed by atoms with Crippen LogP contribution in [0.15, 0.2) is 39.1 Å². The number of thioether (sulfide) groups is 1. The maximum Gasteiger partial charge on any atom is 0.341 e. The molecule has 26 heavy (non-hydrogen) atoms. The smallest absolute Gasteiger partial charge is 0.341 e. The molecule has 0 saturated heterocycles. The molecule has 9 heteroatoms. The number of nitrogens with one attached hydrogen (secondary N) is 1. The first-order chi connectivity index (χ1) is 12.6. The van der Waals surface area contributed by atoms with E-state index in [9.17, 15) is 4.79 Å². The first-order valence-electron chi connectivity index (χ1n) is 7.64. The second-order valence-corrected chi connectivity index (χ2v) is 7.39. The molecular formula is C17H17N3O4S2. The van der Waals surface area contributed by atoms with Crippen LogP contribution in [0.3, 0.4) is 0 Å². The Morgan fingerprint density at radius 2 is 2.04 bits per heavy atom. The maximum absolute atomic E-state index is 11.6. The minimum atomic E-state index is -0.399. The van der Waals surface area contributed by atoms with Crippen LogP contribution in [0.25, 0.3) is 0 Å². The first-order valence-corrected chi connectivity index (χ1v) is 9.44. The zero-order valence-electron chi connectivity index (χ0n) is 14.4. The van der Waals surface area contributed by atoms with Gasteiger partial charge in [-0.3, -0.25) is 0 Å². The Bertz CT molecular complexity index is 890. The number of hydrogen-bond donors (Lipinski definition) is 1. The molecule has 2 aromatic heterocycles. The molecule has 136 valence electrons. The van der Waals surface area contributed by atoms with Gasteiger partial charge in [0.25, 0.3) is 0 Å². The molecule has 0 aliphatic heterocycles. The summed E-state index contributed by atoms with van der Waals surface area (Å²) in [6.07, 6.45) is 0. The summed E-state index contributed by atoms with van der Waals surface area (Å²) in [5.74, 6) is 2.18. The number of benzene rings is 1. The molecule has 0 saturated carbocycles. The highest BCUT2D eigenvalue weighted by Crippen LogP contribution is 2.31. The Balaban J connectivity index is 1.59. The van der Waals surface area contributed by atoms with Gasteiger partial charge in [-0.1, -0.05) is 23.1 Å². The quantitative estimate of drug-likeness (QED) is 0.472. The van der Waals surface area contributed by atoms with Crippen LogP contribution in [0.1, 0.15) is 21.9 Å². The Labute approximate surface area is 158 Å². The van der Waals surface area contributed by atoms with Crippen molar-refractivity contribution >= 4 is 39.9 Å². The summed E-state index contributed by atoms with van der Waals surface area (Å²) in [4.78, 5) is 11.6. The van der Waals surface area contributed by atoms with Gasteiger partial charge in [-0.05, 0) is 37.3 Å². The normalized spacial score (nSPS) is 10.6. The number of hydrogen-bond acceptors (Lipinski definition) is 9. The highest BCUT2D eigenvalue weighted by Gasteiger charge is 2.16. The van der Waals surface area contributed by atoms with Crippen LogP contribution in [0, 0.1) is 6.92 Å². The molecule has 0 fully saturated rings. The van der Waals surface area contributed by atoms with Crippen molar-refractivity contribution in [3.05, 3.63) is 47.4 Å². The van der Waals surface area contributed by atoms with Gasteiger partial charge < -0.3 is 19.2 Å². The predicted octanol–water partition coefficient (Wildman–Crippen LogP) is 4.27. The predicted molar refractivity (Wildman–Crippen MR) is 101 cm³/mol. The number of methoxy groups -OCH3 is 2. The van der Waals surface area contributed by atoms with Gasteiger partial charge in [0.15, 0.2) is 4.34 Å². The zero-order valence-corrected chi connectivity index (χ0v) is 16.1. The summed E-state index contributed by atoms with van der Waals surface area (Å²) in [5, 5.41) is 12.2. The van der Waals surface area contributed by atoms with E-state index in [2.05, 4.69) is 15.5 Å². The molecule has 3 rings (SSSR count). The Kier molecular flexibility index (Phi) is 5.79. The summed E-state index contributed by atoms with van der Waals surface area (Å²) in [5.41, 5.74) is 1.35. The number of furan rings is 1. The molecule has 0 radical (unpaired) electrons. The second-order valence-electron chi connectivity index (χ2n) is 5.19. The van der Waals surface area contributed by atoms with Gasteiger partial charge in [-0.25, -0.2) is 4.79 Å². The fraction of sp³-hybridized carbons (Fsp3) is 0.235. The lowest BCUT2D eigenvalue weighted by atomic mass is 10.2. The Hall–Kier alpha value is -2.52. The number of carbonyl (C=O) groups excluding carboxylic acids is 1. The maximum atomic E-state index is 11.6. The molecule has 3 aromatic rings. The summed E-state index contributed by atoms with van der Waals surface area (Å²) >= 11 is 2.94. The van der Waals surface area contributed by atoms with Crippen LogP contribution >= 0.6 is 23.1 Å². The fourth-order valence-electron chi connectivity index (χ4n) is 2.18.